The number of carboxylic acid groups (broad SMARTS) is 1. The van der Waals surface area contributed by atoms with Gasteiger partial charge in [-0.1, -0.05) is 6.42 Å². The predicted molar refractivity (Wildman–Crippen MR) is 56.4 cm³/mol. The van der Waals surface area contributed by atoms with E-state index in [0.717, 1.165) is 12.8 Å². The zero-order valence-corrected chi connectivity index (χ0v) is 9.54. The lowest BCUT2D eigenvalue weighted by molar-refractivity contribution is -0.153. The lowest BCUT2D eigenvalue weighted by Gasteiger charge is -2.33. The van der Waals surface area contributed by atoms with Crippen LogP contribution in [0.25, 0.3) is 0 Å². The van der Waals surface area contributed by atoms with Crippen molar-refractivity contribution in [2.24, 2.45) is 11.3 Å². The molecule has 0 aliphatic heterocycles. The molecule has 0 spiro atoms. The van der Waals surface area contributed by atoms with E-state index >= 15 is 0 Å². The summed E-state index contributed by atoms with van der Waals surface area (Å²) in [5.74, 6) is -0.950. The molecule has 0 aromatic carbocycles. The first-order valence-corrected chi connectivity index (χ1v) is 5.40. The Labute approximate surface area is 90.0 Å². The highest BCUT2D eigenvalue weighted by atomic mass is 16.4. The van der Waals surface area contributed by atoms with Crippen LogP contribution in [-0.2, 0) is 9.59 Å². The van der Waals surface area contributed by atoms with Crippen LogP contribution in [0.15, 0.2) is 0 Å². The Kier molecular flexibility index (Phi) is 3.37. The molecule has 1 rings (SSSR count). The van der Waals surface area contributed by atoms with Gasteiger partial charge >= 0.3 is 5.97 Å². The molecule has 1 aliphatic rings. The number of carbonyl (C=O) groups is 2. The smallest absolute Gasteiger partial charge is 0.318 e. The second-order valence-electron chi connectivity index (χ2n) is 4.88. The lowest BCUT2D eigenvalue weighted by atomic mass is 9.80. The van der Waals surface area contributed by atoms with Gasteiger partial charge in [0.25, 0.3) is 0 Å². The Morgan fingerprint density at radius 1 is 1.40 bits per heavy atom. The molecule has 1 saturated carbocycles. The molecule has 4 heteroatoms. The molecule has 2 N–H and O–H groups in total. The normalized spacial score (nSPS) is 19.1. The van der Waals surface area contributed by atoms with E-state index in [0.29, 0.717) is 5.92 Å². The van der Waals surface area contributed by atoms with Crippen molar-refractivity contribution in [1.82, 2.24) is 5.32 Å². The summed E-state index contributed by atoms with van der Waals surface area (Å²) in [4.78, 5) is 22.5. The van der Waals surface area contributed by atoms with E-state index in [1.165, 1.54) is 20.3 Å². The Hall–Kier alpha value is -1.06. The largest absolute Gasteiger partial charge is 0.480 e. The van der Waals surface area contributed by atoms with Gasteiger partial charge in [0.05, 0.1) is 0 Å². The molecule has 0 aromatic rings. The summed E-state index contributed by atoms with van der Waals surface area (Å²) >= 11 is 0. The minimum Gasteiger partial charge on any atom is -0.480 e. The first kappa shape index (κ1) is 12.0. The third kappa shape index (κ3) is 2.49. The average Bonchev–Trinajstić information content (AvgIpc) is 1.99. The van der Waals surface area contributed by atoms with E-state index in [4.69, 9.17) is 5.11 Å². The summed E-state index contributed by atoms with van der Waals surface area (Å²) in [5, 5.41) is 11.7. The Bertz CT molecular complexity index is 269. The highest BCUT2D eigenvalue weighted by Gasteiger charge is 2.37. The minimum atomic E-state index is -1.34. The van der Waals surface area contributed by atoms with E-state index in [9.17, 15) is 9.59 Å². The van der Waals surface area contributed by atoms with Gasteiger partial charge in [0.1, 0.15) is 5.41 Å². The fraction of sp³-hybridized carbons (Fsp3) is 0.818. The van der Waals surface area contributed by atoms with Crippen molar-refractivity contribution >= 4 is 11.9 Å². The first-order chi connectivity index (χ1) is 6.85. The number of carbonyl (C=O) groups excluding carboxylic acids is 1. The summed E-state index contributed by atoms with van der Waals surface area (Å²) < 4.78 is 0. The number of amides is 1. The zero-order chi connectivity index (χ0) is 11.6. The summed E-state index contributed by atoms with van der Waals surface area (Å²) in [6.07, 6.45) is 3.48. The van der Waals surface area contributed by atoms with Crippen LogP contribution in [0.1, 0.15) is 40.0 Å². The molecule has 15 heavy (non-hydrogen) atoms. The third-order valence-electron chi connectivity index (χ3n) is 3.32. The van der Waals surface area contributed by atoms with Crippen LogP contribution in [0.5, 0.6) is 0 Å². The van der Waals surface area contributed by atoms with Crippen molar-refractivity contribution in [3.8, 4) is 0 Å². The molecule has 1 unspecified atom stereocenters. The number of nitrogens with one attached hydrogen (secondary N) is 1. The summed E-state index contributed by atoms with van der Waals surface area (Å²) in [6, 6.07) is 0.0878. The Morgan fingerprint density at radius 3 is 2.27 bits per heavy atom. The van der Waals surface area contributed by atoms with Gasteiger partial charge in [-0.05, 0) is 39.5 Å². The van der Waals surface area contributed by atoms with Gasteiger partial charge in [-0.2, -0.15) is 0 Å². The maximum absolute atomic E-state index is 11.7. The molecular formula is C11H19NO3. The Morgan fingerprint density at radius 2 is 1.93 bits per heavy atom. The van der Waals surface area contributed by atoms with Gasteiger partial charge in [0.15, 0.2) is 0 Å². The quantitative estimate of drug-likeness (QED) is 0.694. The van der Waals surface area contributed by atoms with Gasteiger partial charge in [-0.3, -0.25) is 9.59 Å². The molecule has 0 bridgehead atoms. The molecule has 86 valence electrons. The fourth-order valence-corrected chi connectivity index (χ4v) is 1.54. The average molecular weight is 213 g/mol. The van der Waals surface area contributed by atoms with Crippen LogP contribution >= 0.6 is 0 Å². The minimum absolute atomic E-state index is 0.0878. The van der Waals surface area contributed by atoms with Crippen LogP contribution in [0.2, 0.25) is 0 Å². The monoisotopic (exact) mass is 213 g/mol. The summed E-state index contributed by atoms with van der Waals surface area (Å²) in [5.41, 5.74) is -1.34. The second kappa shape index (κ2) is 4.21. The first-order valence-electron chi connectivity index (χ1n) is 5.40. The molecule has 1 amide bonds. The van der Waals surface area contributed by atoms with Crippen molar-refractivity contribution in [3.05, 3.63) is 0 Å². The molecule has 0 heterocycles. The van der Waals surface area contributed by atoms with Crippen LogP contribution in [0.3, 0.4) is 0 Å². The van der Waals surface area contributed by atoms with Crippen molar-refractivity contribution in [2.75, 3.05) is 0 Å². The standard InChI is InChI=1S/C11H19NO3/c1-7(8-5-4-6-8)12-9(13)11(2,3)10(14)15/h7-8H,4-6H2,1-3H3,(H,12,13)(H,14,15). The second-order valence-corrected chi connectivity index (χ2v) is 4.88. The van der Waals surface area contributed by atoms with Crippen molar-refractivity contribution in [2.45, 2.75) is 46.1 Å². The van der Waals surface area contributed by atoms with Crippen LogP contribution in [0.4, 0.5) is 0 Å². The van der Waals surface area contributed by atoms with Gasteiger partial charge < -0.3 is 10.4 Å². The maximum atomic E-state index is 11.7. The highest BCUT2D eigenvalue weighted by molar-refractivity contribution is 6.01. The van der Waals surface area contributed by atoms with Gasteiger partial charge in [-0.15, -0.1) is 0 Å². The lowest BCUT2D eigenvalue weighted by Crippen LogP contribution is -2.48. The van der Waals surface area contributed by atoms with Crippen molar-refractivity contribution in [3.63, 3.8) is 0 Å². The SMILES string of the molecule is CC(NC(=O)C(C)(C)C(=O)O)C1CCC1. The molecule has 0 radical (unpaired) electrons. The number of aliphatic carboxylic acids is 1. The molecular weight excluding hydrogens is 194 g/mol. The van der Waals surface area contributed by atoms with Crippen LogP contribution in [0, 0.1) is 11.3 Å². The van der Waals surface area contributed by atoms with E-state index in [-0.39, 0.29) is 6.04 Å². The van der Waals surface area contributed by atoms with Gasteiger partial charge in [0, 0.05) is 6.04 Å². The number of carboxylic acids is 1. The van der Waals surface area contributed by atoms with E-state index in [1.807, 2.05) is 6.92 Å². The Balaban J connectivity index is 2.50. The summed E-state index contributed by atoms with van der Waals surface area (Å²) in [7, 11) is 0. The van der Waals surface area contributed by atoms with Crippen molar-refractivity contribution < 1.29 is 14.7 Å². The van der Waals surface area contributed by atoms with E-state index in [2.05, 4.69) is 5.32 Å². The predicted octanol–water partition coefficient (Wildman–Crippen LogP) is 1.40. The fourth-order valence-electron chi connectivity index (χ4n) is 1.54. The molecule has 4 nitrogen and oxygen atoms in total. The topological polar surface area (TPSA) is 66.4 Å². The number of hydrogen-bond acceptors (Lipinski definition) is 2. The van der Waals surface area contributed by atoms with Crippen molar-refractivity contribution in [1.29, 1.82) is 0 Å². The summed E-state index contributed by atoms with van der Waals surface area (Å²) in [6.45, 7) is 4.80. The van der Waals surface area contributed by atoms with E-state index in [1.54, 1.807) is 0 Å². The molecule has 1 aliphatic carbocycles. The van der Waals surface area contributed by atoms with E-state index < -0.39 is 17.3 Å². The molecule has 1 fully saturated rings. The maximum Gasteiger partial charge on any atom is 0.318 e. The molecule has 0 aromatic heterocycles. The molecule has 1 atom stereocenters. The number of rotatable bonds is 4. The molecule has 0 saturated heterocycles. The number of hydrogen-bond donors (Lipinski definition) is 2. The van der Waals surface area contributed by atoms with Crippen LogP contribution < -0.4 is 5.32 Å². The van der Waals surface area contributed by atoms with Crippen LogP contribution in [-0.4, -0.2) is 23.0 Å². The van der Waals surface area contributed by atoms with Gasteiger partial charge in [-0.25, -0.2) is 0 Å². The van der Waals surface area contributed by atoms with Gasteiger partial charge in [0.2, 0.25) is 5.91 Å². The highest BCUT2D eigenvalue weighted by Crippen LogP contribution is 2.29. The third-order valence-corrected chi connectivity index (χ3v) is 3.32. The zero-order valence-electron chi connectivity index (χ0n) is 9.54.